The Hall–Kier alpha value is -2.08. The van der Waals surface area contributed by atoms with E-state index in [0.29, 0.717) is 12.1 Å². The van der Waals surface area contributed by atoms with Gasteiger partial charge in [0.25, 0.3) is 0 Å². The molecule has 1 unspecified atom stereocenters. The van der Waals surface area contributed by atoms with Gasteiger partial charge in [0.15, 0.2) is 11.6 Å². The highest BCUT2D eigenvalue weighted by Crippen LogP contribution is 2.25. The number of hydrogen-bond donors (Lipinski definition) is 2. The van der Waals surface area contributed by atoms with Crippen molar-refractivity contribution >= 4 is 5.69 Å². The van der Waals surface area contributed by atoms with Crippen molar-refractivity contribution in [3.8, 4) is 0 Å². The van der Waals surface area contributed by atoms with Gasteiger partial charge in [0.2, 0.25) is 0 Å². The van der Waals surface area contributed by atoms with Gasteiger partial charge >= 0.3 is 0 Å². The van der Waals surface area contributed by atoms with Gasteiger partial charge in [0, 0.05) is 11.6 Å². The summed E-state index contributed by atoms with van der Waals surface area (Å²) in [4.78, 5) is 0. The van der Waals surface area contributed by atoms with Gasteiger partial charge in [-0.2, -0.15) is 0 Å². The fourth-order valence-electron chi connectivity index (χ4n) is 1.79. The first-order valence-electron chi connectivity index (χ1n) is 5.79. The lowest BCUT2D eigenvalue weighted by atomic mass is 10.1. The first kappa shape index (κ1) is 14.3. The van der Waals surface area contributed by atoms with Crippen LogP contribution in [-0.2, 0) is 0 Å². The number of rotatable bonds is 4. The molecule has 0 fully saturated rings. The van der Waals surface area contributed by atoms with Crippen LogP contribution in [0, 0.1) is 23.3 Å². The molecule has 0 spiro atoms. The zero-order chi connectivity index (χ0) is 14.7. The molecule has 0 saturated carbocycles. The molecule has 2 nitrogen and oxygen atoms in total. The number of hydrogen-bond acceptors (Lipinski definition) is 2. The fourth-order valence-corrected chi connectivity index (χ4v) is 1.79. The van der Waals surface area contributed by atoms with Crippen LogP contribution in [0.3, 0.4) is 0 Å². The maximum absolute atomic E-state index is 13.6. The Morgan fingerprint density at radius 1 is 0.900 bits per heavy atom. The summed E-state index contributed by atoms with van der Waals surface area (Å²) in [6.45, 7) is -0.615. The number of aliphatic hydroxyl groups excluding tert-OH is 1. The van der Waals surface area contributed by atoms with Gasteiger partial charge in [-0.15, -0.1) is 0 Å². The number of nitrogens with one attached hydrogen (secondary N) is 1. The van der Waals surface area contributed by atoms with Crippen molar-refractivity contribution in [3.05, 3.63) is 65.2 Å². The van der Waals surface area contributed by atoms with Gasteiger partial charge in [-0.3, -0.25) is 0 Å². The highest BCUT2D eigenvalue weighted by molar-refractivity contribution is 5.47. The minimum Gasteiger partial charge on any atom is -0.394 e. The van der Waals surface area contributed by atoms with E-state index >= 15 is 0 Å². The second-order valence-electron chi connectivity index (χ2n) is 4.15. The second kappa shape index (κ2) is 5.92. The smallest absolute Gasteiger partial charge is 0.161 e. The van der Waals surface area contributed by atoms with E-state index in [2.05, 4.69) is 5.32 Å². The standard InChI is InChI=1S/C14H11F4NO/c15-9-3-1-2-4-13(9)19-14(7-20)8-5-11(17)12(18)6-10(8)16/h1-6,14,19-20H,7H2. The Morgan fingerprint density at radius 2 is 1.55 bits per heavy atom. The van der Waals surface area contributed by atoms with Crippen LogP contribution in [0.25, 0.3) is 0 Å². The maximum Gasteiger partial charge on any atom is 0.161 e. The zero-order valence-corrected chi connectivity index (χ0v) is 10.2. The molecule has 2 aromatic carbocycles. The quantitative estimate of drug-likeness (QED) is 0.666. The van der Waals surface area contributed by atoms with Crippen LogP contribution in [0.5, 0.6) is 0 Å². The van der Waals surface area contributed by atoms with E-state index in [0.717, 1.165) is 0 Å². The molecule has 106 valence electrons. The van der Waals surface area contributed by atoms with E-state index < -0.39 is 35.9 Å². The van der Waals surface area contributed by atoms with Gasteiger partial charge in [-0.25, -0.2) is 17.6 Å². The molecule has 1 atom stereocenters. The van der Waals surface area contributed by atoms with Gasteiger partial charge < -0.3 is 10.4 Å². The van der Waals surface area contributed by atoms with Crippen LogP contribution in [0.2, 0.25) is 0 Å². The molecule has 0 radical (unpaired) electrons. The number of para-hydroxylation sites is 1. The minimum absolute atomic E-state index is 0.0238. The predicted molar refractivity (Wildman–Crippen MR) is 66.2 cm³/mol. The second-order valence-corrected chi connectivity index (χ2v) is 4.15. The summed E-state index contributed by atoms with van der Waals surface area (Å²) in [6.07, 6.45) is 0. The molecule has 0 bridgehead atoms. The zero-order valence-electron chi connectivity index (χ0n) is 10.2. The molecule has 2 aromatic rings. The van der Waals surface area contributed by atoms with Crippen molar-refractivity contribution in [1.82, 2.24) is 0 Å². The lowest BCUT2D eigenvalue weighted by molar-refractivity contribution is 0.273. The maximum atomic E-state index is 13.6. The molecule has 0 saturated heterocycles. The van der Waals surface area contributed by atoms with E-state index in [1.54, 1.807) is 6.07 Å². The minimum atomic E-state index is -1.33. The van der Waals surface area contributed by atoms with Crippen LogP contribution >= 0.6 is 0 Å². The summed E-state index contributed by atoms with van der Waals surface area (Å²) in [5.41, 5.74) is -0.259. The average molecular weight is 285 g/mol. The van der Waals surface area contributed by atoms with Crippen LogP contribution < -0.4 is 5.32 Å². The lowest BCUT2D eigenvalue weighted by Gasteiger charge is -2.19. The summed E-state index contributed by atoms with van der Waals surface area (Å²) >= 11 is 0. The van der Waals surface area contributed by atoms with Crippen LogP contribution in [-0.4, -0.2) is 11.7 Å². The Balaban J connectivity index is 2.34. The summed E-state index contributed by atoms with van der Waals surface area (Å²) in [7, 11) is 0. The number of benzene rings is 2. The van der Waals surface area contributed by atoms with Gasteiger partial charge in [-0.1, -0.05) is 12.1 Å². The Kier molecular flexibility index (Phi) is 4.24. The van der Waals surface area contributed by atoms with E-state index in [9.17, 15) is 22.7 Å². The molecular formula is C14H11F4NO. The Morgan fingerprint density at radius 3 is 2.20 bits per heavy atom. The van der Waals surface area contributed by atoms with Crippen LogP contribution in [0.15, 0.2) is 36.4 Å². The molecule has 0 aliphatic heterocycles. The van der Waals surface area contributed by atoms with E-state index in [4.69, 9.17) is 0 Å². The fraction of sp³-hybridized carbons (Fsp3) is 0.143. The van der Waals surface area contributed by atoms with Crippen molar-refractivity contribution in [2.24, 2.45) is 0 Å². The third-order valence-corrected chi connectivity index (χ3v) is 2.80. The summed E-state index contributed by atoms with van der Waals surface area (Å²) in [6, 6.07) is 5.50. The van der Waals surface area contributed by atoms with Gasteiger partial charge in [0.1, 0.15) is 11.6 Å². The Bertz CT molecular complexity index is 618. The highest BCUT2D eigenvalue weighted by atomic mass is 19.2. The van der Waals surface area contributed by atoms with Crippen molar-refractivity contribution in [2.45, 2.75) is 6.04 Å². The molecular weight excluding hydrogens is 274 g/mol. The predicted octanol–water partition coefficient (Wildman–Crippen LogP) is 3.39. The molecule has 0 aromatic heterocycles. The highest BCUT2D eigenvalue weighted by Gasteiger charge is 2.19. The molecule has 0 heterocycles. The summed E-state index contributed by atoms with van der Waals surface area (Å²) in [5, 5.41) is 11.8. The molecule has 20 heavy (non-hydrogen) atoms. The van der Waals surface area contributed by atoms with Crippen molar-refractivity contribution < 1.29 is 22.7 Å². The third-order valence-electron chi connectivity index (χ3n) is 2.80. The van der Waals surface area contributed by atoms with Gasteiger partial charge in [-0.05, 0) is 18.2 Å². The lowest BCUT2D eigenvalue weighted by Crippen LogP contribution is -2.17. The molecule has 6 heteroatoms. The number of anilines is 1. The molecule has 0 aliphatic carbocycles. The van der Waals surface area contributed by atoms with E-state index in [1.165, 1.54) is 18.2 Å². The summed E-state index contributed by atoms with van der Waals surface area (Å²) < 4.78 is 53.1. The van der Waals surface area contributed by atoms with Crippen molar-refractivity contribution in [2.75, 3.05) is 11.9 Å². The first-order chi connectivity index (χ1) is 9.52. The van der Waals surface area contributed by atoms with Crippen LogP contribution in [0.4, 0.5) is 23.2 Å². The van der Waals surface area contributed by atoms with Crippen molar-refractivity contribution in [3.63, 3.8) is 0 Å². The Labute approximate surface area is 112 Å². The molecule has 0 amide bonds. The van der Waals surface area contributed by atoms with E-state index in [-0.39, 0.29) is 11.3 Å². The SMILES string of the molecule is OCC(Nc1ccccc1F)c1cc(F)c(F)cc1F. The first-order valence-corrected chi connectivity index (χ1v) is 5.79. The molecule has 2 N–H and O–H groups in total. The monoisotopic (exact) mass is 285 g/mol. The molecule has 2 rings (SSSR count). The molecule has 0 aliphatic rings. The largest absolute Gasteiger partial charge is 0.394 e. The third kappa shape index (κ3) is 2.91. The van der Waals surface area contributed by atoms with Gasteiger partial charge in [0.05, 0.1) is 18.3 Å². The number of aliphatic hydroxyl groups is 1. The normalized spacial score (nSPS) is 12.2. The topological polar surface area (TPSA) is 32.3 Å². The van der Waals surface area contributed by atoms with E-state index in [1.807, 2.05) is 0 Å². The van der Waals surface area contributed by atoms with Crippen LogP contribution in [0.1, 0.15) is 11.6 Å². The van der Waals surface area contributed by atoms with Crippen molar-refractivity contribution in [1.29, 1.82) is 0 Å². The average Bonchev–Trinajstić information content (AvgIpc) is 2.42. The number of halogens is 4. The summed E-state index contributed by atoms with van der Waals surface area (Å²) in [5.74, 6) is -4.19.